The fourth-order valence-corrected chi connectivity index (χ4v) is 1.80. The summed E-state index contributed by atoms with van der Waals surface area (Å²) in [5.74, 6) is 0. The Morgan fingerprint density at radius 3 is 2.29 bits per heavy atom. The van der Waals surface area contributed by atoms with Gasteiger partial charge in [0.15, 0.2) is 0 Å². The second-order valence-electron chi connectivity index (χ2n) is 4.14. The molecule has 0 aliphatic carbocycles. The largest absolute Gasteiger partial charge is 0.197 e. The third-order valence-electron chi connectivity index (χ3n) is 2.61. The molecule has 0 bridgehead atoms. The van der Waals surface area contributed by atoms with Crippen LogP contribution in [0.1, 0.15) is 30.5 Å². The van der Waals surface area contributed by atoms with Crippen molar-refractivity contribution in [2.24, 2.45) is 0 Å². The zero-order valence-electron chi connectivity index (χ0n) is 8.98. The lowest BCUT2D eigenvalue weighted by atomic mass is 9.85. The molecule has 0 aliphatic rings. The third kappa shape index (κ3) is 1.99. The number of nitrogens with zero attached hydrogens (tertiary/aromatic N) is 1. The zero-order chi connectivity index (χ0) is 10.9. The highest BCUT2D eigenvalue weighted by molar-refractivity contribution is 9.10. The molecule has 0 N–H and O–H groups in total. The van der Waals surface area contributed by atoms with E-state index in [0.717, 1.165) is 10.0 Å². The van der Waals surface area contributed by atoms with E-state index in [1.165, 1.54) is 11.1 Å². The van der Waals surface area contributed by atoms with Crippen molar-refractivity contribution in [2.75, 3.05) is 0 Å². The van der Waals surface area contributed by atoms with Crippen LogP contribution in [0, 0.1) is 25.2 Å². The number of rotatable bonds is 1. The summed E-state index contributed by atoms with van der Waals surface area (Å²) >= 11 is 3.51. The SMILES string of the molecule is Cc1cc(C(C)(C)C#N)cc(Br)c1C. The second-order valence-corrected chi connectivity index (χ2v) is 4.99. The predicted molar refractivity (Wildman–Crippen MR) is 62.3 cm³/mol. The highest BCUT2D eigenvalue weighted by Gasteiger charge is 2.20. The molecule has 0 aromatic heterocycles. The molecule has 1 aromatic rings. The summed E-state index contributed by atoms with van der Waals surface area (Å²) in [5.41, 5.74) is 3.11. The Labute approximate surface area is 93.9 Å². The van der Waals surface area contributed by atoms with Gasteiger partial charge in [-0.15, -0.1) is 0 Å². The maximum Gasteiger partial charge on any atom is 0.0766 e. The minimum Gasteiger partial charge on any atom is -0.197 e. The first-order valence-corrected chi connectivity index (χ1v) is 5.36. The molecular formula is C12H14BrN. The van der Waals surface area contributed by atoms with Crippen LogP contribution in [-0.4, -0.2) is 0 Å². The van der Waals surface area contributed by atoms with E-state index in [1.54, 1.807) is 0 Å². The van der Waals surface area contributed by atoms with Gasteiger partial charge in [-0.3, -0.25) is 0 Å². The molecule has 1 rings (SSSR count). The van der Waals surface area contributed by atoms with Crippen LogP contribution in [0.3, 0.4) is 0 Å². The number of aryl methyl sites for hydroxylation is 1. The molecule has 0 saturated carbocycles. The fraction of sp³-hybridized carbons (Fsp3) is 0.417. The zero-order valence-corrected chi connectivity index (χ0v) is 10.6. The van der Waals surface area contributed by atoms with Crippen LogP contribution < -0.4 is 0 Å². The molecule has 0 amide bonds. The molecule has 74 valence electrons. The molecule has 0 radical (unpaired) electrons. The number of hydrogen-bond donors (Lipinski definition) is 0. The van der Waals surface area contributed by atoms with Gasteiger partial charge in [-0.05, 0) is 50.5 Å². The Kier molecular flexibility index (Phi) is 3.01. The van der Waals surface area contributed by atoms with E-state index in [4.69, 9.17) is 5.26 Å². The van der Waals surface area contributed by atoms with Crippen LogP contribution in [0.25, 0.3) is 0 Å². The van der Waals surface area contributed by atoms with E-state index >= 15 is 0 Å². The van der Waals surface area contributed by atoms with Crippen LogP contribution >= 0.6 is 15.9 Å². The lowest BCUT2D eigenvalue weighted by Gasteiger charge is -2.18. The first kappa shape index (κ1) is 11.3. The maximum absolute atomic E-state index is 9.03. The van der Waals surface area contributed by atoms with Crippen molar-refractivity contribution in [3.05, 3.63) is 33.3 Å². The maximum atomic E-state index is 9.03. The smallest absolute Gasteiger partial charge is 0.0766 e. The first-order chi connectivity index (χ1) is 6.38. The standard InChI is InChI=1S/C12H14BrN/c1-8-5-10(12(3,4)7-14)6-11(13)9(8)2/h5-6H,1-4H3. The molecule has 2 heteroatoms. The summed E-state index contributed by atoms with van der Waals surface area (Å²) in [5, 5.41) is 9.03. The molecular weight excluding hydrogens is 238 g/mol. The van der Waals surface area contributed by atoms with Crippen LogP contribution in [0.5, 0.6) is 0 Å². The normalized spacial score (nSPS) is 11.1. The van der Waals surface area contributed by atoms with Gasteiger partial charge in [0.2, 0.25) is 0 Å². The van der Waals surface area contributed by atoms with Gasteiger partial charge in [-0.2, -0.15) is 5.26 Å². The fourth-order valence-electron chi connectivity index (χ4n) is 1.24. The lowest BCUT2D eigenvalue weighted by molar-refractivity contribution is 0.685. The Morgan fingerprint density at radius 2 is 1.86 bits per heavy atom. The third-order valence-corrected chi connectivity index (χ3v) is 3.43. The number of halogens is 1. The van der Waals surface area contributed by atoms with Crippen LogP contribution in [-0.2, 0) is 5.41 Å². The average molecular weight is 252 g/mol. The van der Waals surface area contributed by atoms with E-state index in [1.807, 2.05) is 19.9 Å². The Balaban J connectivity index is 3.35. The average Bonchev–Trinajstić information content (AvgIpc) is 2.13. The van der Waals surface area contributed by atoms with Crippen molar-refractivity contribution >= 4 is 15.9 Å². The van der Waals surface area contributed by atoms with Crippen molar-refractivity contribution in [3.8, 4) is 6.07 Å². The number of nitriles is 1. The van der Waals surface area contributed by atoms with E-state index in [2.05, 4.69) is 41.9 Å². The molecule has 0 fully saturated rings. The molecule has 1 nitrogen and oxygen atoms in total. The lowest BCUT2D eigenvalue weighted by Crippen LogP contribution is -2.14. The van der Waals surface area contributed by atoms with Crippen LogP contribution in [0.4, 0.5) is 0 Å². The van der Waals surface area contributed by atoms with Gasteiger partial charge in [0.25, 0.3) is 0 Å². The Morgan fingerprint density at radius 1 is 1.29 bits per heavy atom. The van der Waals surface area contributed by atoms with Gasteiger partial charge in [0, 0.05) is 4.47 Å². The van der Waals surface area contributed by atoms with Crippen molar-refractivity contribution in [1.82, 2.24) is 0 Å². The molecule has 1 aromatic carbocycles. The van der Waals surface area contributed by atoms with Gasteiger partial charge in [-0.1, -0.05) is 22.0 Å². The van der Waals surface area contributed by atoms with Gasteiger partial charge in [0.1, 0.15) is 0 Å². The van der Waals surface area contributed by atoms with Gasteiger partial charge >= 0.3 is 0 Å². The summed E-state index contributed by atoms with van der Waals surface area (Å²) in [7, 11) is 0. The second kappa shape index (κ2) is 3.74. The first-order valence-electron chi connectivity index (χ1n) is 4.57. The topological polar surface area (TPSA) is 23.8 Å². The van der Waals surface area contributed by atoms with E-state index in [0.29, 0.717) is 0 Å². The van der Waals surface area contributed by atoms with Crippen molar-refractivity contribution < 1.29 is 0 Å². The summed E-state index contributed by atoms with van der Waals surface area (Å²) in [4.78, 5) is 0. The van der Waals surface area contributed by atoms with Gasteiger partial charge < -0.3 is 0 Å². The quantitative estimate of drug-likeness (QED) is 0.744. The monoisotopic (exact) mass is 251 g/mol. The molecule has 0 unspecified atom stereocenters. The summed E-state index contributed by atoms with van der Waals surface area (Å²) < 4.78 is 1.08. The summed E-state index contributed by atoms with van der Waals surface area (Å²) in [6, 6.07) is 6.43. The summed E-state index contributed by atoms with van der Waals surface area (Å²) in [6.45, 7) is 8.01. The molecule has 0 heterocycles. The Hall–Kier alpha value is -0.810. The Bertz CT molecular complexity index is 376. The molecule has 0 saturated heterocycles. The minimum absolute atomic E-state index is 0.416. The van der Waals surface area contributed by atoms with Crippen LogP contribution in [0.15, 0.2) is 16.6 Å². The van der Waals surface area contributed by atoms with Gasteiger partial charge in [0.05, 0.1) is 11.5 Å². The molecule has 0 spiro atoms. The van der Waals surface area contributed by atoms with Crippen molar-refractivity contribution in [2.45, 2.75) is 33.1 Å². The van der Waals surface area contributed by atoms with E-state index in [-0.39, 0.29) is 0 Å². The highest BCUT2D eigenvalue weighted by Crippen LogP contribution is 2.29. The minimum atomic E-state index is -0.416. The van der Waals surface area contributed by atoms with Crippen LogP contribution in [0.2, 0.25) is 0 Å². The predicted octanol–water partition coefficient (Wildman–Crippen LogP) is 3.87. The number of hydrogen-bond acceptors (Lipinski definition) is 1. The molecule has 14 heavy (non-hydrogen) atoms. The van der Waals surface area contributed by atoms with E-state index in [9.17, 15) is 0 Å². The molecule has 0 atom stereocenters. The van der Waals surface area contributed by atoms with E-state index < -0.39 is 5.41 Å². The number of benzene rings is 1. The molecule has 0 aliphatic heterocycles. The van der Waals surface area contributed by atoms with Crippen molar-refractivity contribution in [3.63, 3.8) is 0 Å². The van der Waals surface area contributed by atoms with Crippen molar-refractivity contribution in [1.29, 1.82) is 5.26 Å². The highest BCUT2D eigenvalue weighted by atomic mass is 79.9. The van der Waals surface area contributed by atoms with Gasteiger partial charge in [-0.25, -0.2) is 0 Å². The summed E-state index contributed by atoms with van der Waals surface area (Å²) in [6.07, 6.45) is 0.